The van der Waals surface area contributed by atoms with Crippen LogP contribution in [0.5, 0.6) is 5.75 Å². The quantitative estimate of drug-likeness (QED) is 0.816. The summed E-state index contributed by atoms with van der Waals surface area (Å²) in [6, 6.07) is 15.6. The van der Waals surface area contributed by atoms with Crippen LogP contribution < -0.4 is 10.1 Å². The Bertz CT molecular complexity index is 640. The van der Waals surface area contributed by atoms with Gasteiger partial charge in [-0.25, -0.2) is 0 Å². The lowest BCUT2D eigenvalue weighted by atomic mass is 10.1. The smallest absolute Gasteiger partial charge is 0.251 e. The molecule has 1 atom stereocenters. The van der Waals surface area contributed by atoms with Crippen molar-refractivity contribution in [3.63, 3.8) is 0 Å². The number of carbonyl (C=O) groups excluding carboxylic acids is 1. The zero-order valence-electron chi connectivity index (χ0n) is 13.8. The summed E-state index contributed by atoms with van der Waals surface area (Å²) in [5.74, 6) is 1.71. The van der Waals surface area contributed by atoms with Gasteiger partial charge in [-0.05, 0) is 55.5 Å². The van der Waals surface area contributed by atoms with E-state index in [1.54, 1.807) is 11.8 Å². The lowest BCUT2D eigenvalue weighted by molar-refractivity contribution is 0.0940. The zero-order valence-corrected chi connectivity index (χ0v) is 14.7. The van der Waals surface area contributed by atoms with Gasteiger partial charge < -0.3 is 10.1 Å². The number of carbonyl (C=O) groups is 1. The van der Waals surface area contributed by atoms with Crippen LogP contribution in [0.25, 0.3) is 0 Å². The number of amides is 1. The van der Waals surface area contributed by atoms with Crippen LogP contribution >= 0.6 is 11.8 Å². The first kappa shape index (κ1) is 17.4. The van der Waals surface area contributed by atoms with Crippen LogP contribution in [0.2, 0.25) is 0 Å². The largest absolute Gasteiger partial charge is 0.494 e. The molecule has 2 rings (SSSR count). The van der Waals surface area contributed by atoms with E-state index < -0.39 is 0 Å². The summed E-state index contributed by atoms with van der Waals surface area (Å²) in [5.41, 5.74) is 2.93. The summed E-state index contributed by atoms with van der Waals surface area (Å²) in [6.45, 7) is 4.60. The van der Waals surface area contributed by atoms with Crippen molar-refractivity contribution in [3.05, 3.63) is 65.2 Å². The van der Waals surface area contributed by atoms with Crippen molar-refractivity contribution in [3.8, 4) is 5.75 Å². The fourth-order valence-electron chi connectivity index (χ4n) is 2.35. The minimum atomic E-state index is -0.0533. The van der Waals surface area contributed by atoms with E-state index in [1.807, 2.05) is 62.4 Å². The zero-order chi connectivity index (χ0) is 16.7. The highest BCUT2D eigenvalue weighted by Crippen LogP contribution is 2.18. The molecule has 4 heteroatoms. The third-order valence-corrected chi connectivity index (χ3v) is 4.16. The van der Waals surface area contributed by atoms with Crippen LogP contribution in [0.3, 0.4) is 0 Å². The molecule has 0 aliphatic rings. The first-order chi connectivity index (χ1) is 11.1. The Morgan fingerprint density at radius 3 is 2.61 bits per heavy atom. The van der Waals surface area contributed by atoms with Crippen molar-refractivity contribution in [1.29, 1.82) is 0 Å². The number of rotatable bonds is 7. The van der Waals surface area contributed by atoms with Gasteiger partial charge in [-0.3, -0.25) is 4.79 Å². The minimum absolute atomic E-state index is 0.0469. The molecule has 2 aromatic rings. The van der Waals surface area contributed by atoms with E-state index in [-0.39, 0.29) is 11.9 Å². The SMILES string of the molecule is CCOc1ccc(C(C)NC(=O)c2cccc(CSC)c2)cc1. The van der Waals surface area contributed by atoms with Crippen molar-refractivity contribution in [1.82, 2.24) is 5.32 Å². The van der Waals surface area contributed by atoms with Gasteiger partial charge in [0.15, 0.2) is 0 Å². The Morgan fingerprint density at radius 1 is 1.22 bits per heavy atom. The molecule has 0 radical (unpaired) electrons. The lowest BCUT2D eigenvalue weighted by Gasteiger charge is -2.15. The molecule has 3 nitrogen and oxygen atoms in total. The average molecular weight is 329 g/mol. The van der Waals surface area contributed by atoms with Crippen molar-refractivity contribution < 1.29 is 9.53 Å². The fraction of sp³-hybridized carbons (Fsp3) is 0.316. The Morgan fingerprint density at radius 2 is 1.96 bits per heavy atom. The van der Waals surface area contributed by atoms with Gasteiger partial charge in [0.2, 0.25) is 0 Å². The number of nitrogens with one attached hydrogen (secondary N) is 1. The predicted octanol–water partition coefficient (Wildman–Crippen LogP) is 4.44. The second kappa shape index (κ2) is 8.63. The normalized spacial score (nSPS) is 11.8. The lowest BCUT2D eigenvalue weighted by Crippen LogP contribution is -2.26. The van der Waals surface area contributed by atoms with E-state index in [9.17, 15) is 4.79 Å². The Kier molecular flexibility index (Phi) is 6.53. The van der Waals surface area contributed by atoms with E-state index in [4.69, 9.17) is 4.74 Å². The number of ether oxygens (including phenoxy) is 1. The predicted molar refractivity (Wildman–Crippen MR) is 97.2 cm³/mol. The first-order valence-electron chi connectivity index (χ1n) is 7.75. The third-order valence-electron chi connectivity index (χ3n) is 3.54. The third kappa shape index (κ3) is 5.03. The van der Waals surface area contributed by atoms with Gasteiger partial charge in [0.25, 0.3) is 5.91 Å². The van der Waals surface area contributed by atoms with Gasteiger partial charge in [-0.2, -0.15) is 11.8 Å². The van der Waals surface area contributed by atoms with Crippen LogP contribution in [-0.4, -0.2) is 18.8 Å². The molecule has 0 bridgehead atoms. The van der Waals surface area contributed by atoms with E-state index >= 15 is 0 Å². The van der Waals surface area contributed by atoms with Crippen LogP contribution in [0.15, 0.2) is 48.5 Å². The van der Waals surface area contributed by atoms with Crippen molar-refractivity contribution in [2.45, 2.75) is 25.6 Å². The molecule has 122 valence electrons. The average Bonchev–Trinajstić information content (AvgIpc) is 2.56. The summed E-state index contributed by atoms with van der Waals surface area (Å²) in [6.07, 6.45) is 2.06. The molecule has 1 amide bonds. The van der Waals surface area contributed by atoms with Crippen LogP contribution in [0.4, 0.5) is 0 Å². The van der Waals surface area contributed by atoms with E-state index in [0.717, 1.165) is 17.1 Å². The molecule has 2 aromatic carbocycles. The maximum Gasteiger partial charge on any atom is 0.251 e. The minimum Gasteiger partial charge on any atom is -0.494 e. The van der Waals surface area contributed by atoms with Crippen LogP contribution in [-0.2, 0) is 5.75 Å². The topological polar surface area (TPSA) is 38.3 Å². The summed E-state index contributed by atoms with van der Waals surface area (Å²) in [5, 5.41) is 3.05. The molecule has 0 spiro atoms. The van der Waals surface area contributed by atoms with Gasteiger partial charge >= 0.3 is 0 Å². The maximum absolute atomic E-state index is 12.4. The second-order valence-corrected chi connectivity index (χ2v) is 6.20. The molecule has 0 heterocycles. The molecular weight excluding hydrogens is 306 g/mol. The van der Waals surface area contributed by atoms with Gasteiger partial charge in [0.1, 0.15) is 5.75 Å². The van der Waals surface area contributed by atoms with Crippen molar-refractivity contribution in [2.75, 3.05) is 12.9 Å². The van der Waals surface area contributed by atoms with Gasteiger partial charge in [-0.15, -0.1) is 0 Å². The highest BCUT2D eigenvalue weighted by molar-refractivity contribution is 7.97. The molecule has 0 aromatic heterocycles. The summed E-state index contributed by atoms with van der Waals surface area (Å²) >= 11 is 1.75. The Labute approximate surface area is 142 Å². The molecular formula is C19H23NO2S. The number of benzene rings is 2. The molecule has 0 fully saturated rings. The molecule has 23 heavy (non-hydrogen) atoms. The molecule has 1 N–H and O–H groups in total. The Balaban J connectivity index is 2.02. The van der Waals surface area contributed by atoms with Gasteiger partial charge in [-0.1, -0.05) is 24.3 Å². The van der Waals surface area contributed by atoms with Crippen molar-refractivity contribution >= 4 is 17.7 Å². The number of hydrogen-bond acceptors (Lipinski definition) is 3. The van der Waals surface area contributed by atoms with Crippen LogP contribution in [0.1, 0.15) is 41.4 Å². The molecule has 0 aliphatic heterocycles. The van der Waals surface area contributed by atoms with E-state index in [1.165, 1.54) is 5.56 Å². The summed E-state index contributed by atoms with van der Waals surface area (Å²) < 4.78 is 5.44. The molecule has 0 saturated heterocycles. The highest BCUT2D eigenvalue weighted by Gasteiger charge is 2.12. The van der Waals surface area contributed by atoms with Gasteiger partial charge in [0.05, 0.1) is 12.6 Å². The monoisotopic (exact) mass is 329 g/mol. The van der Waals surface area contributed by atoms with E-state index in [2.05, 4.69) is 11.6 Å². The molecule has 0 saturated carbocycles. The molecule has 1 unspecified atom stereocenters. The number of hydrogen-bond donors (Lipinski definition) is 1. The highest BCUT2D eigenvalue weighted by atomic mass is 32.2. The Hall–Kier alpha value is -1.94. The van der Waals surface area contributed by atoms with Crippen molar-refractivity contribution in [2.24, 2.45) is 0 Å². The summed E-state index contributed by atoms with van der Waals surface area (Å²) in [7, 11) is 0. The summed E-state index contributed by atoms with van der Waals surface area (Å²) in [4.78, 5) is 12.4. The standard InChI is InChI=1S/C19H23NO2S/c1-4-22-18-10-8-16(9-11-18)14(2)20-19(21)17-7-5-6-15(12-17)13-23-3/h5-12,14H,4,13H2,1-3H3,(H,20,21). The van der Waals surface area contributed by atoms with Crippen LogP contribution in [0, 0.1) is 0 Å². The maximum atomic E-state index is 12.4. The van der Waals surface area contributed by atoms with E-state index in [0.29, 0.717) is 12.2 Å². The number of thioether (sulfide) groups is 1. The van der Waals surface area contributed by atoms with Gasteiger partial charge in [0, 0.05) is 11.3 Å². The molecule has 0 aliphatic carbocycles. The first-order valence-corrected chi connectivity index (χ1v) is 9.15. The fourth-order valence-corrected chi connectivity index (χ4v) is 2.86. The second-order valence-electron chi connectivity index (χ2n) is 5.33.